The first-order valence-corrected chi connectivity index (χ1v) is 12.0. The molecule has 3 aliphatic heterocycles. The van der Waals surface area contributed by atoms with E-state index in [-0.39, 0.29) is 30.2 Å². The van der Waals surface area contributed by atoms with Crippen LogP contribution in [-0.2, 0) is 16.0 Å². The highest BCUT2D eigenvalue weighted by molar-refractivity contribution is 5.98. The van der Waals surface area contributed by atoms with Crippen LogP contribution in [0, 0.1) is 0 Å². The van der Waals surface area contributed by atoms with Crippen LogP contribution >= 0.6 is 0 Å². The Balaban J connectivity index is 1.57. The number of ether oxygens (including phenoxy) is 3. The van der Waals surface area contributed by atoms with Crippen molar-refractivity contribution in [2.45, 2.75) is 44.4 Å². The van der Waals surface area contributed by atoms with Crippen LogP contribution in [0.25, 0.3) is 5.57 Å². The maximum absolute atomic E-state index is 12.8. The molecular formula is C27H31N3O5. The van der Waals surface area contributed by atoms with Gasteiger partial charge in [0.1, 0.15) is 6.10 Å². The molecule has 3 amide bonds. The van der Waals surface area contributed by atoms with Crippen LogP contribution < -0.4 is 19.7 Å². The fourth-order valence-electron chi connectivity index (χ4n) is 5.25. The molecule has 0 saturated carbocycles. The minimum Gasteiger partial charge on any atom is -0.493 e. The largest absolute Gasteiger partial charge is 0.493 e. The van der Waals surface area contributed by atoms with Crippen molar-refractivity contribution in [1.82, 2.24) is 10.2 Å². The number of carbonyl (C=O) groups excluding carboxylic acids is 2. The molecule has 2 aromatic rings. The molecule has 3 unspecified atom stereocenters. The quantitative estimate of drug-likeness (QED) is 0.728. The predicted molar refractivity (Wildman–Crippen MR) is 133 cm³/mol. The highest BCUT2D eigenvalue weighted by Crippen LogP contribution is 2.39. The first kappa shape index (κ1) is 23.2. The molecule has 0 aliphatic carbocycles. The van der Waals surface area contributed by atoms with Gasteiger partial charge in [-0.05, 0) is 67.1 Å². The summed E-state index contributed by atoms with van der Waals surface area (Å²) in [5, 5.41) is 2.74. The number of nitrogens with zero attached hydrogens (tertiary/aromatic N) is 2. The van der Waals surface area contributed by atoms with Gasteiger partial charge in [0, 0.05) is 30.5 Å². The number of benzene rings is 2. The summed E-state index contributed by atoms with van der Waals surface area (Å²) >= 11 is 0. The molecule has 8 nitrogen and oxygen atoms in total. The van der Waals surface area contributed by atoms with E-state index >= 15 is 0 Å². The molecule has 3 atom stereocenters. The zero-order valence-electron chi connectivity index (χ0n) is 20.5. The van der Waals surface area contributed by atoms with E-state index in [1.165, 1.54) is 0 Å². The van der Waals surface area contributed by atoms with Crippen molar-refractivity contribution >= 4 is 23.2 Å². The Kier molecular flexibility index (Phi) is 6.15. The molecule has 2 saturated heterocycles. The number of carbonyl (C=O) groups is 2. The summed E-state index contributed by atoms with van der Waals surface area (Å²) in [6, 6.07) is 11.7. The number of fused-ring (bicyclic) bond motifs is 3. The zero-order chi connectivity index (χ0) is 24.7. The number of rotatable bonds is 4. The smallest absolute Gasteiger partial charge is 0.321 e. The van der Waals surface area contributed by atoms with Crippen molar-refractivity contribution in [3.63, 3.8) is 0 Å². The van der Waals surface area contributed by atoms with E-state index in [9.17, 15) is 9.59 Å². The lowest BCUT2D eigenvalue weighted by Crippen LogP contribution is -2.47. The third-order valence-corrected chi connectivity index (χ3v) is 7.13. The van der Waals surface area contributed by atoms with E-state index in [1.54, 1.807) is 26.2 Å². The lowest BCUT2D eigenvalue weighted by atomic mass is 9.92. The fraction of sp³-hybridized carbons (Fsp3) is 0.407. The number of anilines is 1. The fourth-order valence-corrected chi connectivity index (χ4v) is 5.25. The van der Waals surface area contributed by atoms with E-state index < -0.39 is 0 Å². The third kappa shape index (κ3) is 4.12. The van der Waals surface area contributed by atoms with Crippen molar-refractivity contribution in [2.24, 2.45) is 0 Å². The molecule has 5 rings (SSSR count). The van der Waals surface area contributed by atoms with Crippen LogP contribution in [0.5, 0.6) is 11.5 Å². The van der Waals surface area contributed by atoms with Gasteiger partial charge in [-0.25, -0.2) is 4.79 Å². The molecule has 3 heterocycles. The summed E-state index contributed by atoms with van der Waals surface area (Å²) in [4.78, 5) is 29.1. The molecule has 35 heavy (non-hydrogen) atoms. The summed E-state index contributed by atoms with van der Waals surface area (Å²) in [5.41, 5.74) is 4.74. The maximum atomic E-state index is 12.8. The van der Waals surface area contributed by atoms with Crippen molar-refractivity contribution in [3.8, 4) is 11.5 Å². The molecule has 1 N–H and O–H groups in total. The van der Waals surface area contributed by atoms with Crippen molar-refractivity contribution < 1.29 is 23.8 Å². The van der Waals surface area contributed by atoms with Gasteiger partial charge in [-0.15, -0.1) is 0 Å². The van der Waals surface area contributed by atoms with Gasteiger partial charge in [-0.2, -0.15) is 0 Å². The lowest BCUT2D eigenvalue weighted by Gasteiger charge is -2.32. The average Bonchev–Trinajstić information content (AvgIpc) is 3.23. The van der Waals surface area contributed by atoms with E-state index in [0.29, 0.717) is 24.5 Å². The standard InChI is InChI=1S/C27H31N3O5/c1-16-11-18-12-24(33-3)25(34-4)13-21(18)22(15-29(16)27(32)28-2)17-5-7-19(8-6-17)30-14-20-9-10-23(35-20)26(30)31/h5-8,12-13,15-16,20,23H,9-11,14H2,1-4H3,(H,28,32). The highest BCUT2D eigenvalue weighted by atomic mass is 16.5. The number of hydrogen-bond acceptors (Lipinski definition) is 5. The van der Waals surface area contributed by atoms with Gasteiger partial charge in [0.15, 0.2) is 11.5 Å². The molecule has 3 aliphatic rings. The molecule has 0 spiro atoms. The summed E-state index contributed by atoms with van der Waals surface area (Å²) < 4.78 is 16.9. The first-order chi connectivity index (χ1) is 16.9. The van der Waals surface area contributed by atoms with E-state index in [4.69, 9.17) is 14.2 Å². The van der Waals surface area contributed by atoms with Crippen LogP contribution in [0.4, 0.5) is 10.5 Å². The summed E-state index contributed by atoms with van der Waals surface area (Å²) in [5.74, 6) is 1.31. The van der Waals surface area contributed by atoms with Crippen molar-refractivity contribution in [1.29, 1.82) is 0 Å². The van der Waals surface area contributed by atoms with E-state index in [2.05, 4.69) is 5.32 Å². The molecule has 0 radical (unpaired) electrons. The van der Waals surface area contributed by atoms with Crippen LogP contribution in [0.2, 0.25) is 0 Å². The second-order valence-corrected chi connectivity index (χ2v) is 9.24. The topological polar surface area (TPSA) is 80.3 Å². The lowest BCUT2D eigenvalue weighted by molar-refractivity contribution is -0.133. The molecule has 2 fully saturated rings. The van der Waals surface area contributed by atoms with Crippen LogP contribution in [0.1, 0.15) is 36.5 Å². The third-order valence-electron chi connectivity index (χ3n) is 7.13. The van der Waals surface area contributed by atoms with E-state index in [1.807, 2.05) is 54.4 Å². The first-order valence-electron chi connectivity index (χ1n) is 12.0. The van der Waals surface area contributed by atoms with Gasteiger partial charge in [0.2, 0.25) is 0 Å². The van der Waals surface area contributed by atoms with Gasteiger partial charge >= 0.3 is 6.03 Å². The second-order valence-electron chi connectivity index (χ2n) is 9.24. The van der Waals surface area contributed by atoms with E-state index in [0.717, 1.165) is 40.8 Å². The number of nitrogens with one attached hydrogen (secondary N) is 1. The minimum absolute atomic E-state index is 0.0296. The Labute approximate surface area is 205 Å². The molecular weight excluding hydrogens is 446 g/mol. The van der Waals surface area contributed by atoms with Crippen LogP contribution in [-0.4, -0.2) is 62.9 Å². The van der Waals surface area contributed by atoms with Gasteiger partial charge in [-0.3, -0.25) is 9.69 Å². The predicted octanol–water partition coefficient (Wildman–Crippen LogP) is 3.57. The summed E-state index contributed by atoms with van der Waals surface area (Å²) in [6.07, 6.45) is 4.06. The maximum Gasteiger partial charge on any atom is 0.321 e. The second kappa shape index (κ2) is 9.26. The van der Waals surface area contributed by atoms with Crippen LogP contribution in [0.3, 0.4) is 0 Å². The molecule has 184 valence electrons. The van der Waals surface area contributed by atoms with Gasteiger partial charge in [-0.1, -0.05) is 12.1 Å². The van der Waals surface area contributed by atoms with Crippen LogP contribution in [0.15, 0.2) is 42.6 Å². The number of morpholine rings is 1. The normalized spacial score (nSPS) is 23.4. The van der Waals surface area contributed by atoms with Gasteiger partial charge < -0.3 is 24.4 Å². The number of amides is 3. The summed E-state index contributed by atoms with van der Waals surface area (Å²) in [7, 11) is 4.87. The Hall–Kier alpha value is -3.52. The highest BCUT2D eigenvalue weighted by Gasteiger charge is 2.40. The Bertz CT molecular complexity index is 1180. The zero-order valence-corrected chi connectivity index (χ0v) is 20.5. The SMILES string of the molecule is CNC(=O)N1C=C(c2ccc(N3CC4CCC(O4)C3=O)cc2)c2cc(OC)c(OC)cc2CC1C. The van der Waals surface area contributed by atoms with Gasteiger partial charge in [0.25, 0.3) is 5.91 Å². The molecule has 2 aromatic carbocycles. The summed E-state index contributed by atoms with van der Waals surface area (Å²) in [6.45, 7) is 2.61. The Morgan fingerprint density at radius 3 is 2.49 bits per heavy atom. The van der Waals surface area contributed by atoms with Crippen molar-refractivity contribution in [2.75, 3.05) is 32.7 Å². The monoisotopic (exact) mass is 477 g/mol. The number of urea groups is 1. The average molecular weight is 478 g/mol. The van der Waals surface area contributed by atoms with Gasteiger partial charge in [0.05, 0.1) is 26.9 Å². The Morgan fingerprint density at radius 2 is 1.80 bits per heavy atom. The minimum atomic E-state index is -0.324. The Morgan fingerprint density at radius 1 is 1.09 bits per heavy atom. The molecule has 0 aromatic heterocycles. The molecule has 2 bridgehead atoms. The number of hydrogen-bond donors (Lipinski definition) is 1. The number of methoxy groups -OCH3 is 2. The van der Waals surface area contributed by atoms with Crippen molar-refractivity contribution in [3.05, 3.63) is 59.3 Å². The molecule has 8 heteroatoms.